The maximum absolute atomic E-state index is 13.0. The fourth-order valence-electron chi connectivity index (χ4n) is 1.88. The van der Waals surface area contributed by atoms with Gasteiger partial charge in [-0.15, -0.1) is 0 Å². The molecule has 110 valence electrons. The first-order valence-corrected chi connectivity index (χ1v) is 6.59. The molecule has 2 rings (SSSR count). The molecule has 0 atom stereocenters. The first-order chi connectivity index (χ1) is 10.0. The lowest BCUT2D eigenvalue weighted by atomic mass is 10.1. The van der Waals surface area contributed by atoms with Crippen LogP contribution in [0, 0.1) is 11.6 Å². The normalized spacial score (nSPS) is 10.4. The number of rotatable bonds is 5. The van der Waals surface area contributed by atoms with Gasteiger partial charge in [-0.3, -0.25) is 4.79 Å². The standard InChI is InChI=1S/C16H16F2N2O/c17-14-7-3-12(9-15(14)18)10-20-16(21)8-4-11-1-5-13(19)6-2-11/h1-3,5-7,9H,4,8,10,19H2,(H,20,21). The van der Waals surface area contributed by atoms with Crippen molar-refractivity contribution in [1.82, 2.24) is 5.32 Å². The van der Waals surface area contributed by atoms with Crippen molar-refractivity contribution in [3.8, 4) is 0 Å². The van der Waals surface area contributed by atoms with Crippen LogP contribution in [0.5, 0.6) is 0 Å². The van der Waals surface area contributed by atoms with E-state index < -0.39 is 11.6 Å². The van der Waals surface area contributed by atoms with E-state index in [1.54, 1.807) is 12.1 Å². The Morgan fingerprint density at radius 1 is 1.00 bits per heavy atom. The minimum absolute atomic E-state index is 0.142. The van der Waals surface area contributed by atoms with Crippen LogP contribution in [0.3, 0.4) is 0 Å². The summed E-state index contributed by atoms with van der Waals surface area (Å²) in [7, 11) is 0. The monoisotopic (exact) mass is 290 g/mol. The van der Waals surface area contributed by atoms with Crippen LogP contribution in [0.4, 0.5) is 14.5 Å². The number of benzene rings is 2. The second-order valence-corrected chi connectivity index (χ2v) is 4.77. The Bertz CT molecular complexity index is 627. The smallest absolute Gasteiger partial charge is 0.220 e. The predicted molar refractivity (Wildman–Crippen MR) is 77.4 cm³/mol. The second-order valence-electron chi connectivity index (χ2n) is 4.77. The third kappa shape index (κ3) is 4.56. The van der Waals surface area contributed by atoms with Crippen molar-refractivity contribution < 1.29 is 13.6 Å². The molecule has 3 N–H and O–H groups in total. The molecule has 0 aromatic heterocycles. The minimum Gasteiger partial charge on any atom is -0.399 e. The van der Waals surface area contributed by atoms with Gasteiger partial charge in [-0.25, -0.2) is 8.78 Å². The molecule has 0 aliphatic heterocycles. The highest BCUT2D eigenvalue weighted by Gasteiger charge is 2.05. The van der Waals surface area contributed by atoms with E-state index in [0.717, 1.165) is 17.7 Å². The summed E-state index contributed by atoms with van der Waals surface area (Å²) in [6.07, 6.45) is 0.928. The van der Waals surface area contributed by atoms with E-state index in [0.29, 0.717) is 24.1 Å². The van der Waals surface area contributed by atoms with E-state index in [2.05, 4.69) is 5.32 Å². The lowest BCUT2D eigenvalue weighted by Crippen LogP contribution is -2.23. The number of hydrogen-bond acceptors (Lipinski definition) is 2. The van der Waals surface area contributed by atoms with E-state index in [1.165, 1.54) is 6.07 Å². The summed E-state index contributed by atoms with van der Waals surface area (Å²) < 4.78 is 25.8. The highest BCUT2D eigenvalue weighted by Crippen LogP contribution is 2.09. The van der Waals surface area contributed by atoms with Crippen LogP contribution in [0.15, 0.2) is 42.5 Å². The maximum Gasteiger partial charge on any atom is 0.220 e. The summed E-state index contributed by atoms with van der Waals surface area (Å²) in [6.45, 7) is 0.178. The molecule has 3 nitrogen and oxygen atoms in total. The van der Waals surface area contributed by atoms with Crippen molar-refractivity contribution in [3.63, 3.8) is 0 Å². The number of carbonyl (C=O) groups excluding carboxylic acids is 1. The number of nitrogens with one attached hydrogen (secondary N) is 1. The molecular formula is C16H16F2N2O. The van der Waals surface area contributed by atoms with E-state index in [1.807, 2.05) is 12.1 Å². The summed E-state index contributed by atoms with van der Waals surface area (Å²) in [6, 6.07) is 10.9. The molecule has 0 fully saturated rings. The van der Waals surface area contributed by atoms with Gasteiger partial charge in [0, 0.05) is 18.7 Å². The fraction of sp³-hybridized carbons (Fsp3) is 0.188. The first-order valence-electron chi connectivity index (χ1n) is 6.59. The van der Waals surface area contributed by atoms with Gasteiger partial charge < -0.3 is 11.1 Å². The molecule has 5 heteroatoms. The molecule has 0 aliphatic carbocycles. The summed E-state index contributed by atoms with van der Waals surface area (Å²) in [5.41, 5.74) is 7.81. The quantitative estimate of drug-likeness (QED) is 0.832. The van der Waals surface area contributed by atoms with Crippen LogP contribution in [-0.2, 0) is 17.8 Å². The predicted octanol–water partition coefficient (Wildman–Crippen LogP) is 2.80. The van der Waals surface area contributed by atoms with Gasteiger partial charge in [0.05, 0.1) is 0 Å². The SMILES string of the molecule is Nc1ccc(CCC(=O)NCc2ccc(F)c(F)c2)cc1. The number of nitrogen functional groups attached to an aromatic ring is 1. The Balaban J connectivity index is 1.79. The molecule has 0 spiro atoms. The summed E-state index contributed by atoms with van der Waals surface area (Å²) in [4.78, 5) is 11.7. The van der Waals surface area contributed by atoms with Crippen LogP contribution in [0.2, 0.25) is 0 Å². The average molecular weight is 290 g/mol. The van der Waals surface area contributed by atoms with E-state index >= 15 is 0 Å². The number of aryl methyl sites for hydroxylation is 1. The molecule has 0 heterocycles. The van der Waals surface area contributed by atoms with Gasteiger partial charge in [-0.1, -0.05) is 18.2 Å². The molecule has 1 amide bonds. The van der Waals surface area contributed by atoms with Gasteiger partial charge >= 0.3 is 0 Å². The number of nitrogens with two attached hydrogens (primary N) is 1. The van der Waals surface area contributed by atoms with Gasteiger partial charge in [0.15, 0.2) is 11.6 Å². The molecule has 2 aromatic rings. The van der Waals surface area contributed by atoms with Crippen molar-refractivity contribution in [3.05, 3.63) is 65.2 Å². The third-order valence-corrected chi connectivity index (χ3v) is 3.09. The van der Waals surface area contributed by atoms with Crippen molar-refractivity contribution in [2.45, 2.75) is 19.4 Å². The Kier molecular flexibility index (Phi) is 4.87. The van der Waals surface area contributed by atoms with Crippen molar-refractivity contribution in [1.29, 1.82) is 0 Å². The van der Waals surface area contributed by atoms with Gasteiger partial charge in [0.25, 0.3) is 0 Å². The topological polar surface area (TPSA) is 55.1 Å². The third-order valence-electron chi connectivity index (χ3n) is 3.09. The molecule has 0 radical (unpaired) electrons. The van der Waals surface area contributed by atoms with Crippen molar-refractivity contribution in [2.75, 3.05) is 5.73 Å². The van der Waals surface area contributed by atoms with Gasteiger partial charge in [0.2, 0.25) is 5.91 Å². The molecule has 21 heavy (non-hydrogen) atoms. The molecule has 0 saturated carbocycles. The summed E-state index contributed by atoms with van der Waals surface area (Å²) >= 11 is 0. The zero-order valence-corrected chi connectivity index (χ0v) is 11.4. The molecule has 0 aliphatic rings. The number of anilines is 1. The fourth-order valence-corrected chi connectivity index (χ4v) is 1.88. The van der Waals surface area contributed by atoms with E-state index in [4.69, 9.17) is 5.73 Å². The minimum atomic E-state index is -0.913. The Hall–Kier alpha value is -2.43. The van der Waals surface area contributed by atoms with Crippen molar-refractivity contribution in [2.24, 2.45) is 0 Å². The molecule has 0 bridgehead atoms. The molecule has 0 unspecified atom stereocenters. The number of carbonyl (C=O) groups is 1. The number of halogens is 2. The lowest BCUT2D eigenvalue weighted by molar-refractivity contribution is -0.121. The van der Waals surface area contributed by atoms with Crippen LogP contribution in [0.25, 0.3) is 0 Å². The first kappa shape index (κ1) is 15.0. The number of amides is 1. The van der Waals surface area contributed by atoms with Crippen molar-refractivity contribution >= 4 is 11.6 Å². The summed E-state index contributed by atoms with van der Waals surface area (Å²) in [5, 5.41) is 2.67. The zero-order valence-electron chi connectivity index (χ0n) is 11.4. The van der Waals surface area contributed by atoms with Crippen LogP contribution in [-0.4, -0.2) is 5.91 Å². The van der Waals surface area contributed by atoms with Crippen LogP contribution in [0.1, 0.15) is 17.5 Å². The van der Waals surface area contributed by atoms with Gasteiger partial charge in [-0.05, 0) is 41.8 Å². The Morgan fingerprint density at radius 3 is 2.33 bits per heavy atom. The lowest BCUT2D eigenvalue weighted by Gasteiger charge is -2.06. The average Bonchev–Trinajstić information content (AvgIpc) is 2.48. The second kappa shape index (κ2) is 6.83. The highest BCUT2D eigenvalue weighted by molar-refractivity contribution is 5.76. The largest absolute Gasteiger partial charge is 0.399 e. The van der Waals surface area contributed by atoms with Gasteiger partial charge in [-0.2, -0.15) is 0 Å². The van der Waals surface area contributed by atoms with Crippen LogP contribution >= 0.6 is 0 Å². The Labute approximate surface area is 121 Å². The molecule has 0 saturated heterocycles. The van der Waals surface area contributed by atoms with Gasteiger partial charge in [0.1, 0.15) is 0 Å². The molecule has 2 aromatic carbocycles. The molecular weight excluding hydrogens is 274 g/mol. The number of hydrogen-bond donors (Lipinski definition) is 2. The van der Waals surface area contributed by atoms with E-state index in [-0.39, 0.29) is 12.5 Å². The highest BCUT2D eigenvalue weighted by atomic mass is 19.2. The Morgan fingerprint density at radius 2 is 1.67 bits per heavy atom. The maximum atomic E-state index is 13.0. The zero-order chi connectivity index (χ0) is 15.2. The van der Waals surface area contributed by atoms with Crippen LogP contribution < -0.4 is 11.1 Å². The summed E-state index contributed by atoms with van der Waals surface area (Å²) in [5.74, 6) is -1.95. The van der Waals surface area contributed by atoms with E-state index in [9.17, 15) is 13.6 Å².